The molecule has 1 aliphatic carbocycles. The molecule has 0 bridgehead atoms. The van der Waals surface area contributed by atoms with Gasteiger partial charge in [0, 0.05) is 11.1 Å². The standard InChI is InChI=1S/C21H18O/c22-21(19-11-9-15-5-1-3-7-17(15)13-19)20-12-10-16-6-2-4-8-18(16)14-20/h1,3,5,7,9-14H,2,4,6,8H2. The summed E-state index contributed by atoms with van der Waals surface area (Å²) in [7, 11) is 0. The van der Waals surface area contributed by atoms with Crippen molar-refractivity contribution >= 4 is 16.6 Å². The number of carbonyl (C=O) groups excluding carboxylic acids is 1. The van der Waals surface area contributed by atoms with E-state index in [1.54, 1.807) is 0 Å². The molecule has 0 atom stereocenters. The van der Waals surface area contributed by atoms with Crippen LogP contribution in [0.3, 0.4) is 0 Å². The van der Waals surface area contributed by atoms with Crippen molar-refractivity contribution in [1.29, 1.82) is 0 Å². The third-order valence-corrected chi connectivity index (χ3v) is 4.62. The van der Waals surface area contributed by atoms with Crippen LogP contribution in [0.25, 0.3) is 10.8 Å². The molecule has 0 fully saturated rings. The van der Waals surface area contributed by atoms with Crippen LogP contribution in [0.15, 0.2) is 60.7 Å². The van der Waals surface area contributed by atoms with Gasteiger partial charge in [0.25, 0.3) is 0 Å². The third kappa shape index (κ3) is 2.33. The number of carbonyl (C=O) groups is 1. The van der Waals surface area contributed by atoms with E-state index in [0.29, 0.717) is 0 Å². The topological polar surface area (TPSA) is 17.1 Å². The number of fused-ring (bicyclic) bond motifs is 2. The van der Waals surface area contributed by atoms with Crippen molar-refractivity contribution in [3.05, 3.63) is 82.9 Å². The first-order valence-electron chi connectivity index (χ1n) is 7.96. The molecular formula is C21H18O. The molecule has 1 nitrogen and oxygen atoms in total. The molecule has 0 amide bonds. The molecular weight excluding hydrogens is 268 g/mol. The van der Waals surface area contributed by atoms with Gasteiger partial charge in [-0.05, 0) is 59.7 Å². The molecule has 0 unspecified atom stereocenters. The lowest BCUT2D eigenvalue weighted by Gasteiger charge is -2.16. The van der Waals surface area contributed by atoms with Gasteiger partial charge in [-0.1, -0.05) is 48.5 Å². The van der Waals surface area contributed by atoms with Gasteiger partial charge in [0.05, 0.1) is 0 Å². The van der Waals surface area contributed by atoms with Crippen molar-refractivity contribution in [3.63, 3.8) is 0 Å². The first-order valence-corrected chi connectivity index (χ1v) is 7.96. The SMILES string of the molecule is O=C(c1ccc2c(c1)CCCC2)c1ccc2ccccc2c1. The second-order valence-electron chi connectivity index (χ2n) is 6.08. The van der Waals surface area contributed by atoms with Crippen LogP contribution in [-0.2, 0) is 12.8 Å². The molecule has 0 spiro atoms. The Morgan fingerprint density at radius 2 is 1.36 bits per heavy atom. The minimum Gasteiger partial charge on any atom is -0.289 e. The quantitative estimate of drug-likeness (QED) is 0.609. The van der Waals surface area contributed by atoms with Gasteiger partial charge in [-0.15, -0.1) is 0 Å². The maximum Gasteiger partial charge on any atom is 0.193 e. The summed E-state index contributed by atoms with van der Waals surface area (Å²) in [6, 6.07) is 20.4. The van der Waals surface area contributed by atoms with Gasteiger partial charge in [0.1, 0.15) is 0 Å². The first kappa shape index (κ1) is 13.3. The molecule has 3 aromatic rings. The second-order valence-corrected chi connectivity index (χ2v) is 6.08. The van der Waals surface area contributed by atoms with Crippen LogP contribution in [0.4, 0.5) is 0 Å². The van der Waals surface area contributed by atoms with E-state index in [0.717, 1.165) is 29.4 Å². The summed E-state index contributed by atoms with van der Waals surface area (Å²) >= 11 is 0. The molecule has 0 saturated carbocycles. The maximum absolute atomic E-state index is 12.8. The zero-order valence-electron chi connectivity index (χ0n) is 12.5. The molecule has 108 valence electrons. The summed E-state index contributed by atoms with van der Waals surface area (Å²) in [5, 5.41) is 2.29. The summed E-state index contributed by atoms with van der Waals surface area (Å²) in [6.45, 7) is 0. The molecule has 22 heavy (non-hydrogen) atoms. The smallest absolute Gasteiger partial charge is 0.193 e. The average Bonchev–Trinajstić information content (AvgIpc) is 2.60. The predicted molar refractivity (Wildman–Crippen MR) is 90.5 cm³/mol. The average molecular weight is 286 g/mol. The fourth-order valence-corrected chi connectivity index (χ4v) is 3.37. The van der Waals surface area contributed by atoms with Gasteiger partial charge in [-0.2, -0.15) is 0 Å². The lowest BCUT2D eigenvalue weighted by molar-refractivity contribution is 0.103. The van der Waals surface area contributed by atoms with Gasteiger partial charge < -0.3 is 0 Å². The molecule has 1 heteroatoms. The highest BCUT2D eigenvalue weighted by Crippen LogP contribution is 2.24. The molecule has 0 heterocycles. The lowest BCUT2D eigenvalue weighted by Crippen LogP contribution is -2.07. The van der Waals surface area contributed by atoms with E-state index in [2.05, 4.69) is 24.3 Å². The molecule has 0 aliphatic heterocycles. The molecule has 4 rings (SSSR count). The van der Waals surface area contributed by atoms with Crippen molar-refractivity contribution in [2.45, 2.75) is 25.7 Å². The summed E-state index contributed by atoms with van der Waals surface area (Å²) in [4.78, 5) is 12.8. The molecule has 0 aromatic heterocycles. The van der Waals surface area contributed by atoms with E-state index in [9.17, 15) is 4.79 Å². The number of hydrogen-bond acceptors (Lipinski definition) is 1. The lowest BCUT2D eigenvalue weighted by atomic mass is 9.89. The van der Waals surface area contributed by atoms with Crippen LogP contribution in [-0.4, -0.2) is 5.78 Å². The summed E-state index contributed by atoms with van der Waals surface area (Å²) in [5.41, 5.74) is 4.37. The number of benzene rings is 3. The van der Waals surface area contributed by atoms with Crippen molar-refractivity contribution in [2.24, 2.45) is 0 Å². The molecule has 0 N–H and O–H groups in total. The number of aryl methyl sites for hydroxylation is 2. The summed E-state index contributed by atoms with van der Waals surface area (Å²) in [5.74, 6) is 0.124. The Morgan fingerprint density at radius 3 is 2.23 bits per heavy atom. The maximum atomic E-state index is 12.8. The van der Waals surface area contributed by atoms with E-state index < -0.39 is 0 Å². The van der Waals surface area contributed by atoms with Crippen LogP contribution in [0, 0.1) is 0 Å². The highest BCUT2D eigenvalue weighted by molar-refractivity contribution is 6.10. The summed E-state index contributed by atoms with van der Waals surface area (Å²) < 4.78 is 0. The van der Waals surface area contributed by atoms with Crippen LogP contribution in [0.2, 0.25) is 0 Å². The fourth-order valence-electron chi connectivity index (χ4n) is 3.37. The van der Waals surface area contributed by atoms with Gasteiger partial charge in [0.15, 0.2) is 5.78 Å². The largest absolute Gasteiger partial charge is 0.289 e. The Bertz CT molecular complexity index is 861. The normalized spacial score (nSPS) is 13.8. The zero-order chi connectivity index (χ0) is 14.9. The van der Waals surface area contributed by atoms with E-state index in [1.807, 2.05) is 36.4 Å². The van der Waals surface area contributed by atoms with Crippen molar-refractivity contribution in [2.75, 3.05) is 0 Å². The van der Waals surface area contributed by atoms with Crippen molar-refractivity contribution < 1.29 is 4.79 Å². The predicted octanol–water partition coefficient (Wildman–Crippen LogP) is 4.95. The zero-order valence-corrected chi connectivity index (χ0v) is 12.5. The van der Waals surface area contributed by atoms with E-state index >= 15 is 0 Å². The van der Waals surface area contributed by atoms with Crippen LogP contribution < -0.4 is 0 Å². The Hall–Kier alpha value is -2.41. The van der Waals surface area contributed by atoms with Crippen molar-refractivity contribution in [1.82, 2.24) is 0 Å². The summed E-state index contributed by atoms with van der Waals surface area (Å²) in [6.07, 6.45) is 4.76. The van der Waals surface area contributed by atoms with Crippen LogP contribution in [0.1, 0.15) is 39.9 Å². The Morgan fingerprint density at radius 1 is 0.682 bits per heavy atom. The van der Waals surface area contributed by atoms with Crippen LogP contribution in [0.5, 0.6) is 0 Å². The molecule has 3 aromatic carbocycles. The minimum absolute atomic E-state index is 0.124. The van der Waals surface area contributed by atoms with E-state index in [4.69, 9.17) is 0 Å². The van der Waals surface area contributed by atoms with Gasteiger partial charge >= 0.3 is 0 Å². The molecule has 0 radical (unpaired) electrons. The fraction of sp³-hybridized carbons (Fsp3) is 0.190. The van der Waals surface area contributed by atoms with E-state index in [1.165, 1.54) is 29.4 Å². The second kappa shape index (κ2) is 5.42. The monoisotopic (exact) mass is 286 g/mol. The Balaban J connectivity index is 1.73. The Kier molecular flexibility index (Phi) is 3.27. The molecule has 0 saturated heterocycles. The molecule has 1 aliphatic rings. The number of ketones is 1. The van der Waals surface area contributed by atoms with E-state index in [-0.39, 0.29) is 5.78 Å². The highest BCUT2D eigenvalue weighted by atomic mass is 16.1. The van der Waals surface area contributed by atoms with Gasteiger partial charge in [-0.3, -0.25) is 4.79 Å². The highest BCUT2D eigenvalue weighted by Gasteiger charge is 2.14. The van der Waals surface area contributed by atoms with Gasteiger partial charge in [-0.25, -0.2) is 0 Å². The first-order chi connectivity index (χ1) is 10.8. The van der Waals surface area contributed by atoms with Crippen LogP contribution >= 0.6 is 0 Å². The number of hydrogen-bond donors (Lipinski definition) is 0. The third-order valence-electron chi connectivity index (χ3n) is 4.62. The minimum atomic E-state index is 0.124. The number of rotatable bonds is 2. The van der Waals surface area contributed by atoms with Gasteiger partial charge in [0.2, 0.25) is 0 Å². The van der Waals surface area contributed by atoms with Crippen molar-refractivity contribution in [3.8, 4) is 0 Å². The Labute approximate surface area is 130 Å².